The number of benzene rings is 4. The van der Waals surface area contributed by atoms with Crippen molar-refractivity contribution in [3.63, 3.8) is 0 Å². The third-order valence-electron chi connectivity index (χ3n) is 9.37. The van der Waals surface area contributed by atoms with Crippen LogP contribution in [0.1, 0.15) is 0 Å². The minimum atomic E-state index is 0.650. The van der Waals surface area contributed by atoms with Crippen molar-refractivity contribution in [3.05, 3.63) is 164 Å². The summed E-state index contributed by atoms with van der Waals surface area (Å²) in [7, 11) is 0. The van der Waals surface area contributed by atoms with Gasteiger partial charge in [0.25, 0.3) is 0 Å². The second-order valence-corrected chi connectivity index (χ2v) is 12.5. The van der Waals surface area contributed by atoms with Gasteiger partial charge < -0.3 is 4.42 Å². The van der Waals surface area contributed by atoms with E-state index in [-0.39, 0.29) is 0 Å². The smallest absolute Gasteiger partial charge is 0.163 e. The maximum absolute atomic E-state index is 6.92. The van der Waals surface area contributed by atoms with Gasteiger partial charge in [-0.05, 0) is 48.5 Å². The molecule has 0 atom stereocenters. The van der Waals surface area contributed by atoms with E-state index in [1.54, 1.807) is 12.4 Å². The van der Waals surface area contributed by atoms with Crippen LogP contribution in [0, 0.1) is 0 Å². The predicted molar refractivity (Wildman–Crippen MR) is 205 cm³/mol. The summed E-state index contributed by atoms with van der Waals surface area (Å²) in [5.74, 6) is 0.650. The molecule has 0 amide bonds. The zero-order valence-electron chi connectivity index (χ0n) is 27.2. The van der Waals surface area contributed by atoms with Gasteiger partial charge >= 0.3 is 0 Å². The summed E-state index contributed by atoms with van der Waals surface area (Å²) < 4.78 is 6.92. The van der Waals surface area contributed by atoms with Crippen LogP contribution in [0.15, 0.2) is 168 Å². The van der Waals surface area contributed by atoms with Crippen LogP contribution in [0.25, 0.3) is 100 Å². The highest BCUT2D eigenvalue weighted by atomic mass is 16.3. The van der Waals surface area contributed by atoms with Crippen molar-refractivity contribution in [2.24, 2.45) is 0 Å². The Kier molecular flexibility index (Phi) is 6.70. The molecule has 4 aromatic carbocycles. The number of hydrogen-bond acceptors (Lipinski definition) is 6. The molecule has 0 saturated carbocycles. The van der Waals surface area contributed by atoms with Gasteiger partial charge in [-0.1, -0.05) is 103 Å². The van der Waals surface area contributed by atoms with Crippen molar-refractivity contribution in [1.29, 1.82) is 0 Å². The minimum absolute atomic E-state index is 0.650. The molecule has 10 rings (SSSR count). The second kappa shape index (κ2) is 11.8. The number of rotatable bonds is 5. The van der Waals surface area contributed by atoms with Gasteiger partial charge in [0.15, 0.2) is 5.76 Å². The number of furan rings is 1. The van der Waals surface area contributed by atoms with Crippen LogP contribution >= 0.6 is 0 Å². The van der Waals surface area contributed by atoms with E-state index in [1.165, 1.54) is 0 Å². The summed E-state index contributed by atoms with van der Waals surface area (Å²) in [6.07, 6.45) is 3.59. The molecule has 0 bridgehead atoms. The summed E-state index contributed by atoms with van der Waals surface area (Å²) in [6.45, 7) is 0. The van der Waals surface area contributed by atoms with Gasteiger partial charge in [-0.2, -0.15) is 0 Å². The van der Waals surface area contributed by atoms with E-state index in [1.807, 2.05) is 72.8 Å². The Hall–Kier alpha value is -7.05. The number of hydrogen-bond donors (Lipinski definition) is 0. The number of aromatic nitrogens is 5. The monoisotopic (exact) mass is 653 g/mol. The third-order valence-corrected chi connectivity index (χ3v) is 9.37. The Balaban J connectivity index is 1.23. The molecule has 0 aliphatic rings. The Labute approximate surface area is 292 Å². The lowest BCUT2D eigenvalue weighted by Gasteiger charge is -2.10. The summed E-state index contributed by atoms with van der Waals surface area (Å²) in [4.78, 5) is 25.1. The molecule has 0 aliphatic heterocycles. The van der Waals surface area contributed by atoms with E-state index < -0.39 is 0 Å². The average molecular weight is 654 g/mol. The van der Waals surface area contributed by atoms with Crippen molar-refractivity contribution >= 4 is 43.7 Å². The molecule has 0 fully saturated rings. The normalized spacial score (nSPS) is 11.5. The first-order valence-corrected chi connectivity index (χ1v) is 16.8. The standard InChI is InChI=1S/C45H27N5O/c1-3-11-28(12-4-1)34-22-19-30-17-18-31-20-23-35(49-43(31)42(30)48-34)32-21-24-36-33(27-32)44-40(41(50-36)29-13-5-2-6-14-29)39(37-15-7-9-25-46-37)45(51-44)38-16-8-10-26-47-38/h1-27H. The molecule has 6 heterocycles. The fraction of sp³-hybridized carbons (Fsp3) is 0. The van der Waals surface area contributed by atoms with E-state index in [9.17, 15) is 0 Å². The molecule has 6 heteroatoms. The second-order valence-electron chi connectivity index (χ2n) is 12.5. The molecule has 0 spiro atoms. The lowest BCUT2D eigenvalue weighted by Crippen LogP contribution is -1.93. The van der Waals surface area contributed by atoms with E-state index in [2.05, 4.69) is 78.9 Å². The van der Waals surface area contributed by atoms with E-state index >= 15 is 0 Å². The zero-order valence-corrected chi connectivity index (χ0v) is 27.2. The summed E-state index contributed by atoms with van der Waals surface area (Å²) >= 11 is 0. The van der Waals surface area contributed by atoms with Gasteiger partial charge in [0, 0.05) is 45.2 Å². The van der Waals surface area contributed by atoms with Crippen LogP contribution in [-0.2, 0) is 0 Å². The topological polar surface area (TPSA) is 77.6 Å². The largest absolute Gasteiger partial charge is 0.453 e. The summed E-state index contributed by atoms with van der Waals surface area (Å²) in [5.41, 5.74) is 11.2. The Bertz CT molecular complexity index is 2890. The molecule has 10 aromatic rings. The van der Waals surface area contributed by atoms with Gasteiger partial charge in [0.2, 0.25) is 0 Å². The molecular formula is C45H27N5O. The van der Waals surface area contributed by atoms with Gasteiger partial charge in [-0.3, -0.25) is 9.97 Å². The fourth-order valence-electron chi connectivity index (χ4n) is 6.93. The van der Waals surface area contributed by atoms with Crippen LogP contribution in [-0.4, -0.2) is 24.9 Å². The van der Waals surface area contributed by atoms with E-state index in [0.29, 0.717) is 5.76 Å². The summed E-state index contributed by atoms with van der Waals surface area (Å²) in [6, 6.07) is 51.1. The first kappa shape index (κ1) is 28.9. The highest BCUT2D eigenvalue weighted by Gasteiger charge is 2.25. The van der Waals surface area contributed by atoms with Gasteiger partial charge in [0.05, 0.1) is 50.3 Å². The molecule has 0 aliphatic carbocycles. The molecule has 51 heavy (non-hydrogen) atoms. The molecule has 238 valence electrons. The predicted octanol–water partition coefficient (Wildman–Crippen LogP) is 11.2. The maximum atomic E-state index is 6.92. The Morgan fingerprint density at radius 1 is 0.431 bits per heavy atom. The molecular weight excluding hydrogens is 627 g/mol. The number of pyridine rings is 5. The minimum Gasteiger partial charge on any atom is -0.453 e. The summed E-state index contributed by atoms with van der Waals surface area (Å²) in [5, 5.41) is 3.85. The van der Waals surface area contributed by atoms with Crippen molar-refractivity contribution in [2.45, 2.75) is 0 Å². The van der Waals surface area contributed by atoms with E-state index in [0.717, 1.165) is 94.4 Å². The Morgan fingerprint density at radius 3 is 1.67 bits per heavy atom. The SMILES string of the molecule is c1ccc(-c2ccc3ccc4ccc(-c5ccc6nc(-c7ccccc7)c7c(-c8ccccn8)c(-c8ccccn8)oc7c6c5)nc4c3n2)cc1. The molecule has 6 aromatic heterocycles. The van der Waals surface area contributed by atoms with Crippen molar-refractivity contribution in [1.82, 2.24) is 24.9 Å². The van der Waals surface area contributed by atoms with Crippen LogP contribution < -0.4 is 0 Å². The third kappa shape index (κ3) is 4.92. The quantitative estimate of drug-likeness (QED) is 0.172. The highest BCUT2D eigenvalue weighted by Crippen LogP contribution is 2.46. The zero-order chi connectivity index (χ0) is 33.7. The first-order chi connectivity index (χ1) is 25.3. The molecule has 0 radical (unpaired) electrons. The number of nitrogens with zero attached hydrogens (tertiary/aromatic N) is 5. The number of fused-ring (bicyclic) bond motifs is 6. The Morgan fingerprint density at radius 2 is 1.02 bits per heavy atom. The van der Waals surface area contributed by atoms with Crippen molar-refractivity contribution < 1.29 is 4.42 Å². The van der Waals surface area contributed by atoms with Crippen molar-refractivity contribution in [2.75, 3.05) is 0 Å². The molecule has 0 saturated heterocycles. The van der Waals surface area contributed by atoms with Crippen LogP contribution in [0.3, 0.4) is 0 Å². The van der Waals surface area contributed by atoms with Crippen molar-refractivity contribution in [3.8, 4) is 56.5 Å². The van der Waals surface area contributed by atoms with Gasteiger partial charge in [-0.25, -0.2) is 15.0 Å². The molecule has 6 nitrogen and oxygen atoms in total. The highest BCUT2D eigenvalue weighted by molar-refractivity contribution is 6.17. The van der Waals surface area contributed by atoms with Gasteiger partial charge in [-0.15, -0.1) is 0 Å². The lowest BCUT2D eigenvalue weighted by molar-refractivity contribution is 0.632. The fourth-order valence-corrected chi connectivity index (χ4v) is 6.93. The first-order valence-electron chi connectivity index (χ1n) is 16.8. The van der Waals surface area contributed by atoms with Gasteiger partial charge in [0.1, 0.15) is 11.3 Å². The average Bonchev–Trinajstić information content (AvgIpc) is 3.62. The molecule has 0 N–H and O–H groups in total. The van der Waals surface area contributed by atoms with E-state index in [4.69, 9.17) is 29.3 Å². The lowest BCUT2D eigenvalue weighted by atomic mass is 9.97. The maximum Gasteiger partial charge on any atom is 0.163 e. The van der Waals surface area contributed by atoms with Crippen LogP contribution in [0.2, 0.25) is 0 Å². The van der Waals surface area contributed by atoms with Crippen LogP contribution in [0.4, 0.5) is 0 Å². The van der Waals surface area contributed by atoms with Crippen LogP contribution in [0.5, 0.6) is 0 Å². The molecule has 0 unspecified atom stereocenters.